The zero-order valence-corrected chi connectivity index (χ0v) is 6.60. The van der Waals surface area contributed by atoms with E-state index in [0.29, 0.717) is 5.25 Å². The fraction of sp³-hybridized carbons (Fsp3) is 0.429. The molecule has 1 unspecified atom stereocenters. The standard InChI is InChI=1S/C7H11NS/c1-6(9)7-4-3-5-8(7)2/h3-6,9H,1-2H3. The number of thiol groups is 1. The molecule has 9 heavy (non-hydrogen) atoms. The lowest BCUT2D eigenvalue weighted by Crippen LogP contribution is -1.93. The Hall–Kier alpha value is -0.370. The third-order valence-corrected chi connectivity index (χ3v) is 1.68. The summed E-state index contributed by atoms with van der Waals surface area (Å²) in [5, 5.41) is 0.338. The van der Waals surface area contributed by atoms with E-state index in [1.807, 2.05) is 19.3 Å². The molecule has 1 heterocycles. The number of nitrogens with zero attached hydrogens (tertiary/aromatic N) is 1. The topological polar surface area (TPSA) is 4.93 Å². The lowest BCUT2D eigenvalue weighted by Gasteiger charge is -2.04. The van der Waals surface area contributed by atoms with Crippen LogP contribution in [-0.2, 0) is 7.05 Å². The molecule has 0 amide bonds. The van der Waals surface area contributed by atoms with Crippen LogP contribution in [0.15, 0.2) is 18.3 Å². The molecule has 0 N–H and O–H groups in total. The summed E-state index contributed by atoms with van der Waals surface area (Å²) in [7, 11) is 2.03. The van der Waals surface area contributed by atoms with Gasteiger partial charge >= 0.3 is 0 Å². The van der Waals surface area contributed by atoms with E-state index in [1.54, 1.807) is 0 Å². The van der Waals surface area contributed by atoms with E-state index in [4.69, 9.17) is 0 Å². The molecule has 0 fully saturated rings. The monoisotopic (exact) mass is 141 g/mol. The van der Waals surface area contributed by atoms with Crippen molar-refractivity contribution in [2.24, 2.45) is 7.05 Å². The van der Waals surface area contributed by atoms with Crippen LogP contribution >= 0.6 is 12.6 Å². The molecule has 0 saturated carbocycles. The zero-order valence-electron chi connectivity index (χ0n) is 5.70. The van der Waals surface area contributed by atoms with Crippen molar-refractivity contribution < 1.29 is 0 Å². The number of hydrogen-bond donors (Lipinski definition) is 1. The van der Waals surface area contributed by atoms with Crippen LogP contribution in [0.25, 0.3) is 0 Å². The minimum Gasteiger partial charge on any atom is -0.353 e. The summed E-state index contributed by atoms with van der Waals surface area (Å²) in [5.41, 5.74) is 1.26. The summed E-state index contributed by atoms with van der Waals surface area (Å²) < 4.78 is 2.08. The Morgan fingerprint density at radius 2 is 2.33 bits per heavy atom. The molecule has 0 aliphatic heterocycles. The normalized spacial score (nSPS) is 13.7. The minimum atomic E-state index is 0.338. The first kappa shape index (κ1) is 6.75. The van der Waals surface area contributed by atoms with Crippen molar-refractivity contribution in [1.82, 2.24) is 4.57 Å². The minimum absolute atomic E-state index is 0.338. The van der Waals surface area contributed by atoms with Crippen LogP contribution in [0.3, 0.4) is 0 Å². The van der Waals surface area contributed by atoms with Crippen LogP contribution < -0.4 is 0 Å². The van der Waals surface area contributed by atoms with Crippen LogP contribution in [0.4, 0.5) is 0 Å². The molecule has 1 aromatic rings. The third kappa shape index (κ3) is 1.30. The number of aromatic nitrogens is 1. The second-order valence-electron chi connectivity index (χ2n) is 2.22. The van der Waals surface area contributed by atoms with Crippen LogP contribution in [0.1, 0.15) is 17.9 Å². The largest absolute Gasteiger partial charge is 0.353 e. The van der Waals surface area contributed by atoms with Gasteiger partial charge in [-0.3, -0.25) is 0 Å². The zero-order chi connectivity index (χ0) is 6.85. The van der Waals surface area contributed by atoms with Gasteiger partial charge in [-0.25, -0.2) is 0 Å². The maximum Gasteiger partial charge on any atom is 0.0391 e. The van der Waals surface area contributed by atoms with E-state index in [9.17, 15) is 0 Å². The van der Waals surface area contributed by atoms with Gasteiger partial charge in [-0.05, 0) is 19.1 Å². The predicted octanol–water partition coefficient (Wildman–Crippen LogP) is 2.02. The third-order valence-electron chi connectivity index (χ3n) is 1.41. The van der Waals surface area contributed by atoms with E-state index in [1.165, 1.54) is 5.69 Å². The van der Waals surface area contributed by atoms with E-state index in [2.05, 4.69) is 30.2 Å². The second-order valence-corrected chi connectivity index (χ2v) is 2.99. The van der Waals surface area contributed by atoms with Crippen LogP contribution in [0.2, 0.25) is 0 Å². The Labute approximate surface area is 61.1 Å². The van der Waals surface area contributed by atoms with Crippen LogP contribution in [0, 0.1) is 0 Å². The van der Waals surface area contributed by atoms with Gasteiger partial charge in [-0.15, -0.1) is 0 Å². The Balaban J connectivity index is 2.94. The first-order valence-corrected chi connectivity index (χ1v) is 3.52. The molecule has 50 valence electrons. The summed E-state index contributed by atoms with van der Waals surface area (Å²) in [6.45, 7) is 2.07. The fourth-order valence-electron chi connectivity index (χ4n) is 0.908. The van der Waals surface area contributed by atoms with Crippen molar-refractivity contribution in [3.05, 3.63) is 24.0 Å². The lowest BCUT2D eigenvalue weighted by molar-refractivity contribution is 0.831. The predicted molar refractivity (Wildman–Crippen MR) is 42.8 cm³/mol. The Morgan fingerprint density at radius 3 is 2.56 bits per heavy atom. The SMILES string of the molecule is CC(S)c1cccn1C. The van der Waals surface area contributed by atoms with Gasteiger partial charge in [0.25, 0.3) is 0 Å². The van der Waals surface area contributed by atoms with Crippen molar-refractivity contribution in [3.8, 4) is 0 Å². The van der Waals surface area contributed by atoms with Crippen molar-refractivity contribution >= 4 is 12.6 Å². The molecule has 0 spiro atoms. The van der Waals surface area contributed by atoms with Crippen LogP contribution in [0.5, 0.6) is 0 Å². The van der Waals surface area contributed by atoms with Gasteiger partial charge in [-0.1, -0.05) is 0 Å². The molecule has 0 saturated heterocycles. The van der Waals surface area contributed by atoms with Gasteiger partial charge in [-0.2, -0.15) is 12.6 Å². The maximum absolute atomic E-state index is 4.30. The van der Waals surface area contributed by atoms with Gasteiger partial charge in [0, 0.05) is 24.2 Å². The van der Waals surface area contributed by atoms with Gasteiger partial charge in [0.2, 0.25) is 0 Å². The Kier molecular flexibility index (Phi) is 1.86. The number of hydrogen-bond acceptors (Lipinski definition) is 1. The molecule has 1 atom stereocenters. The molecular weight excluding hydrogens is 130 g/mol. The quantitative estimate of drug-likeness (QED) is 0.571. The molecule has 0 aliphatic carbocycles. The lowest BCUT2D eigenvalue weighted by atomic mass is 10.3. The summed E-state index contributed by atoms with van der Waals surface area (Å²) in [5.74, 6) is 0. The molecule has 1 rings (SSSR count). The second kappa shape index (κ2) is 2.48. The van der Waals surface area contributed by atoms with Crippen LogP contribution in [-0.4, -0.2) is 4.57 Å². The summed E-state index contributed by atoms with van der Waals surface area (Å²) in [4.78, 5) is 0. The first-order chi connectivity index (χ1) is 4.22. The molecular formula is C7H11NS. The van der Waals surface area contributed by atoms with E-state index in [-0.39, 0.29) is 0 Å². The van der Waals surface area contributed by atoms with E-state index < -0.39 is 0 Å². The average molecular weight is 141 g/mol. The van der Waals surface area contributed by atoms with Gasteiger partial charge in [0.15, 0.2) is 0 Å². The highest BCUT2D eigenvalue weighted by atomic mass is 32.1. The average Bonchev–Trinajstić information content (AvgIpc) is 2.13. The smallest absolute Gasteiger partial charge is 0.0391 e. The van der Waals surface area contributed by atoms with Crippen molar-refractivity contribution in [2.45, 2.75) is 12.2 Å². The Morgan fingerprint density at radius 1 is 1.67 bits per heavy atom. The first-order valence-electron chi connectivity index (χ1n) is 3.01. The van der Waals surface area contributed by atoms with E-state index >= 15 is 0 Å². The highest BCUT2D eigenvalue weighted by Crippen LogP contribution is 2.17. The van der Waals surface area contributed by atoms with Gasteiger partial charge in [0.05, 0.1) is 0 Å². The van der Waals surface area contributed by atoms with Crippen molar-refractivity contribution in [2.75, 3.05) is 0 Å². The number of aryl methyl sites for hydroxylation is 1. The van der Waals surface area contributed by atoms with Gasteiger partial charge in [0.1, 0.15) is 0 Å². The highest BCUT2D eigenvalue weighted by Gasteiger charge is 2.00. The highest BCUT2D eigenvalue weighted by molar-refractivity contribution is 7.80. The molecule has 0 radical (unpaired) electrons. The molecule has 0 aromatic carbocycles. The van der Waals surface area contributed by atoms with Gasteiger partial charge < -0.3 is 4.57 Å². The maximum atomic E-state index is 4.30. The summed E-state index contributed by atoms with van der Waals surface area (Å²) in [6.07, 6.45) is 2.03. The van der Waals surface area contributed by atoms with Crippen molar-refractivity contribution in [1.29, 1.82) is 0 Å². The summed E-state index contributed by atoms with van der Waals surface area (Å²) >= 11 is 4.30. The molecule has 1 nitrogen and oxygen atoms in total. The number of rotatable bonds is 1. The molecule has 0 bridgehead atoms. The molecule has 1 aromatic heterocycles. The van der Waals surface area contributed by atoms with Crippen molar-refractivity contribution in [3.63, 3.8) is 0 Å². The molecule has 0 aliphatic rings. The molecule has 2 heteroatoms. The van der Waals surface area contributed by atoms with E-state index in [0.717, 1.165) is 0 Å². The summed E-state index contributed by atoms with van der Waals surface area (Å²) in [6, 6.07) is 4.11. The Bertz CT molecular complexity index is 191. The fourth-order valence-corrected chi connectivity index (χ4v) is 1.18.